The number of hydrogen-bond donors (Lipinski definition) is 0. The molecule has 18 heavy (non-hydrogen) atoms. The molecule has 0 fully saturated rings. The zero-order valence-electron chi connectivity index (χ0n) is 10.0. The molecule has 0 amide bonds. The molecule has 3 rings (SSSR count). The van der Waals surface area contributed by atoms with Gasteiger partial charge in [-0.1, -0.05) is 41.4 Å². The van der Waals surface area contributed by atoms with Gasteiger partial charge in [-0.2, -0.15) is 0 Å². The number of aromatic nitrogens is 1. The minimum Gasteiger partial charge on any atom is -0.256 e. The summed E-state index contributed by atoms with van der Waals surface area (Å²) in [5.74, 6) is 0. The van der Waals surface area contributed by atoms with Gasteiger partial charge in [0.25, 0.3) is 0 Å². The number of pyridine rings is 1. The zero-order valence-corrected chi connectivity index (χ0v) is 10.8. The van der Waals surface area contributed by atoms with E-state index < -0.39 is 0 Å². The lowest BCUT2D eigenvalue weighted by Gasteiger charge is -2.04. The van der Waals surface area contributed by atoms with Crippen LogP contribution in [-0.4, -0.2) is 4.98 Å². The minimum atomic E-state index is 0.746. The summed E-state index contributed by atoms with van der Waals surface area (Å²) in [4.78, 5) is 4.50. The van der Waals surface area contributed by atoms with Crippen molar-refractivity contribution in [2.24, 2.45) is 0 Å². The van der Waals surface area contributed by atoms with E-state index in [9.17, 15) is 0 Å². The second kappa shape index (κ2) is 4.43. The van der Waals surface area contributed by atoms with Crippen LogP contribution in [0.3, 0.4) is 0 Å². The van der Waals surface area contributed by atoms with Crippen LogP contribution in [0.15, 0.2) is 54.7 Å². The van der Waals surface area contributed by atoms with Gasteiger partial charge >= 0.3 is 0 Å². The summed E-state index contributed by atoms with van der Waals surface area (Å²) in [7, 11) is 0. The standard InChI is InChI=1S/C16H12ClN/c1-11-2-3-13-9-16(18-10-14(13)8-11)12-4-6-15(17)7-5-12/h2-10H,1H3. The molecule has 1 aromatic heterocycles. The fraction of sp³-hybridized carbons (Fsp3) is 0.0625. The van der Waals surface area contributed by atoms with Crippen molar-refractivity contribution >= 4 is 22.4 Å². The van der Waals surface area contributed by atoms with Crippen molar-refractivity contribution in [3.63, 3.8) is 0 Å². The lowest BCUT2D eigenvalue weighted by molar-refractivity contribution is 1.35. The van der Waals surface area contributed by atoms with Crippen molar-refractivity contribution in [2.45, 2.75) is 6.92 Å². The summed E-state index contributed by atoms with van der Waals surface area (Å²) >= 11 is 5.89. The summed E-state index contributed by atoms with van der Waals surface area (Å²) in [6.45, 7) is 2.09. The van der Waals surface area contributed by atoms with Crippen molar-refractivity contribution in [1.82, 2.24) is 4.98 Å². The molecule has 0 radical (unpaired) electrons. The fourth-order valence-corrected chi connectivity index (χ4v) is 2.17. The van der Waals surface area contributed by atoms with Crippen molar-refractivity contribution in [3.05, 3.63) is 65.3 Å². The Morgan fingerprint density at radius 2 is 1.67 bits per heavy atom. The monoisotopic (exact) mass is 253 g/mol. The number of rotatable bonds is 1. The van der Waals surface area contributed by atoms with E-state index in [4.69, 9.17) is 11.6 Å². The molecule has 1 nitrogen and oxygen atoms in total. The van der Waals surface area contributed by atoms with Gasteiger partial charge < -0.3 is 0 Å². The van der Waals surface area contributed by atoms with Gasteiger partial charge in [-0.05, 0) is 36.6 Å². The van der Waals surface area contributed by atoms with Gasteiger partial charge in [0.1, 0.15) is 0 Å². The van der Waals surface area contributed by atoms with Gasteiger partial charge in [0.15, 0.2) is 0 Å². The number of aryl methyl sites for hydroxylation is 1. The van der Waals surface area contributed by atoms with Crippen LogP contribution in [0.4, 0.5) is 0 Å². The van der Waals surface area contributed by atoms with Crippen molar-refractivity contribution < 1.29 is 0 Å². The lowest BCUT2D eigenvalue weighted by atomic mass is 10.1. The smallest absolute Gasteiger partial charge is 0.0708 e. The molecule has 0 aliphatic rings. The average Bonchev–Trinajstić information content (AvgIpc) is 2.39. The van der Waals surface area contributed by atoms with Gasteiger partial charge in [0, 0.05) is 22.2 Å². The Kier molecular flexibility index (Phi) is 2.77. The van der Waals surface area contributed by atoms with E-state index in [1.54, 1.807) is 0 Å². The summed E-state index contributed by atoms with van der Waals surface area (Å²) in [6.07, 6.45) is 1.92. The van der Waals surface area contributed by atoms with Crippen LogP contribution in [0, 0.1) is 6.92 Å². The number of benzene rings is 2. The molecule has 2 aromatic carbocycles. The van der Waals surface area contributed by atoms with Crippen LogP contribution in [0.1, 0.15) is 5.56 Å². The number of hydrogen-bond acceptors (Lipinski definition) is 1. The van der Waals surface area contributed by atoms with Crippen LogP contribution in [0.2, 0.25) is 5.02 Å². The van der Waals surface area contributed by atoms with E-state index in [0.29, 0.717) is 0 Å². The molecule has 0 saturated carbocycles. The van der Waals surface area contributed by atoms with Crippen molar-refractivity contribution in [3.8, 4) is 11.3 Å². The Hall–Kier alpha value is -1.86. The average molecular weight is 254 g/mol. The highest BCUT2D eigenvalue weighted by molar-refractivity contribution is 6.30. The Balaban J connectivity index is 2.13. The highest BCUT2D eigenvalue weighted by Crippen LogP contribution is 2.23. The van der Waals surface area contributed by atoms with E-state index in [1.165, 1.54) is 16.3 Å². The zero-order chi connectivity index (χ0) is 12.5. The maximum Gasteiger partial charge on any atom is 0.0708 e. The topological polar surface area (TPSA) is 12.9 Å². The second-order valence-corrected chi connectivity index (χ2v) is 4.86. The first-order valence-electron chi connectivity index (χ1n) is 5.85. The van der Waals surface area contributed by atoms with Gasteiger partial charge in [0.05, 0.1) is 5.69 Å². The molecule has 0 spiro atoms. The Labute approximate surface area is 111 Å². The van der Waals surface area contributed by atoms with Crippen LogP contribution in [0.25, 0.3) is 22.0 Å². The van der Waals surface area contributed by atoms with E-state index in [1.807, 2.05) is 30.5 Å². The Morgan fingerprint density at radius 3 is 2.44 bits per heavy atom. The molecule has 0 aliphatic carbocycles. The molecular weight excluding hydrogens is 242 g/mol. The maximum atomic E-state index is 5.89. The predicted molar refractivity (Wildman–Crippen MR) is 76.9 cm³/mol. The maximum absolute atomic E-state index is 5.89. The van der Waals surface area contributed by atoms with Crippen molar-refractivity contribution in [1.29, 1.82) is 0 Å². The highest BCUT2D eigenvalue weighted by Gasteiger charge is 2.01. The van der Waals surface area contributed by atoms with Gasteiger partial charge in [-0.15, -0.1) is 0 Å². The molecular formula is C16H12ClN. The Bertz CT molecular complexity index is 702. The normalized spacial score (nSPS) is 10.8. The third-order valence-electron chi connectivity index (χ3n) is 3.02. The first-order chi connectivity index (χ1) is 8.72. The molecule has 0 saturated heterocycles. The van der Waals surface area contributed by atoms with E-state index >= 15 is 0 Å². The molecule has 0 N–H and O–H groups in total. The van der Waals surface area contributed by atoms with E-state index in [2.05, 4.69) is 36.2 Å². The van der Waals surface area contributed by atoms with Gasteiger partial charge in [-0.25, -0.2) is 0 Å². The van der Waals surface area contributed by atoms with Crippen LogP contribution in [-0.2, 0) is 0 Å². The molecule has 88 valence electrons. The molecule has 0 unspecified atom stereocenters. The molecule has 3 aromatic rings. The van der Waals surface area contributed by atoms with Crippen LogP contribution < -0.4 is 0 Å². The van der Waals surface area contributed by atoms with Gasteiger partial charge in [-0.3, -0.25) is 4.98 Å². The molecule has 0 atom stereocenters. The summed E-state index contributed by atoms with van der Waals surface area (Å²) < 4.78 is 0. The molecule has 0 bridgehead atoms. The molecule has 1 heterocycles. The molecule has 2 heteroatoms. The largest absolute Gasteiger partial charge is 0.256 e. The number of fused-ring (bicyclic) bond motifs is 1. The predicted octanol–water partition coefficient (Wildman–Crippen LogP) is 4.86. The third kappa shape index (κ3) is 2.09. The fourth-order valence-electron chi connectivity index (χ4n) is 2.04. The third-order valence-corrected chi connectivity index (χ3v) is 3.27. The first kappa shape index (κ1) is 11.2. The Morgan fingerprint density at radius 1 is 0.889 bits per heavy atom. The van der Waals surface area contributed by atoms with E-state index in [0.717, 1.165) is 16.3 Å². The van der Waals surface area contributed by atoms with Crippen LogP contribution in [0.5, 0.6) is 0 Å². The minimum absolute atomic E-state index is 0.746. The van der Waals surface area contributed by atoms with Gasteiger partial charge in [0.2, 0.25) is 0 Å². The molecule has 0 aliphatic heterocycles. The summed E-state index contributed by atoms with van der Waals surface area (Å²) in [6, 6.07) is 16.3. The highest BCUT2D eigenvalue weighted by atomic mass is 35.5. The summed E-state index contributed by atoms with van der Waals surface area (Å²) in [5, 5.41) is 3.13. The first-order valence-corrected chi connectivity index (χ1v) is 6.22. The second-order valence-electron chi connectivity index (χ2n) is 4.43. The lowest BCUT2D eigenvalue weighted by Crippen LogP contribution is -1.84. The van der Waals surface area contributed by atoms with Crippen LogP contribution >= 0.6 is 11.6 Å². The SMILES string of the molecule is Cc1ccc2cc(-c3ccc(Cl)cc3)ncc2c1. The summed E-state index contributed by atoms with van der Waals surface area (Å²) in [5.41, 5.74) is 3.31. The van der Waals surface area contributed by atoms with Crippen molar-refractivity contribution in [2.75, 3.05) is 0 Å². The quantitative estimate of drug-likeness (QED) is 0.603. The van der Waals surface area contributed by atoms with E-state index in [-0.39, 0.29) is 0 Å². The number of nitrogens with zero attached hydrogens (tertiary/aromatic N) is 1. The number of halogens is 1.